The van der Waals surface area contributed by atoms with Crippen molar-refractivity contribution in [3.63, 3.8) is 0 Å². The van der Waals surface area contributed by atoms with Gasteiger partial charge in [-0.3, -0.25) is 19.7 Å². The number of hydrogen-bond donors (Lipinski definition) is 3. The third-order valence-electron chi connectivity index (χ3n) is 5.20. The van der Waals surface area contributed by atoms with Crippen LogP contribution in [0, 0.1) is 0 Å². The average Bonchev–Trinajstić information content (AvgIpc) is 3.03. The Morgan fingerprint density at radius 3 is 2.73 bits per heavy atom. The number of benzene rings is 2. The second-order valence-corrected chi connectivity index (χ2v) is 7.60. The normalized spacial score (nSPS) is 18.1. The maximum Gasteiger partial charge on any atom is 0.319 e. The van der Waals surface area contributed by atoms with E-state index < -0.39 is 18.0 Å². The number of carbonyl (C=O) groups excluding carboxylic acids is 4. The van der Waals surface area contributed by atoms with Gasteiger partial charge >= 0.3 is 6.03 Å². The van der Waals surface area contributed by atoms with Crippen LogP contribution in [0.5, 0.6) is 0 Å². The van der Waals surface area contributed by atoms with Crippen LogP contribution >= 0.6 is 11.6 Å². The SMILES string of the molecule is O=C1CCC(N2Cc3c(CNC(=O)Nc4cccc(Cl)c4)cccc3C2=O)C(=O)N1. The summed E-state index contributed by atoms with van der Waals surface area (Å²) in [7, 11) is 0. The zero-order valence-electron chi connectivity index (χ0n) is 15.9. The first-order chi connectivity index (χ1) is 14.4. The smallest absolute Gasteiger partial charge is 0.319 e. The van der Waals surface area contributed by atoms with Crippen molar-refractivity contribution in [2.24, 2.45) is 0 Å². The number of imide groups is 1. The summed E-state index contributed by atoms with van der Waals surface area (Å²) < 4.78 is 0. The lowest BCUT2D eigenvalue weighted by Crippen LogP contribution is -2.52. The molecule has 0 saturated carbocycles. The Morgan fingerprint density at radius 2 is 1.97 bits per heavy atom. The number of amides is 5. The lowest BCUT2D eigenvalue weighted by Gasteiger charge is -2.29. The lowest BCUT2D eigenvalue weighted by atomic mass is 10.0. The van der Waals surface area contributed by atoms with Crippen molar-refractivity contribution in [3.8, 4) is 0 Å². The van der Waals surface area contributed by atoms with Crippen molar-refractivity contribution in [3.05, 3.63) is 64.2 Å². The quantitative estimate of drug-likeness (QED) is 0.652. The van der Waals surface area contributed by atoms with Crippen LogP contribution in [0.3, 0.4) is 0 Å². The van der Waals surface area contributed by atoms with Crippen LogP contribution in [0.2, 0.25) is 5.02 Å². The van der Waals surface area contributed by atoms with E-state index in [0.29, 0.717) is 22.7 Å². The van der Waals surface area contributed by atoms with Gasteiger partial charge in [0, 0.05) is 35.8 Å². The van der Waals surface area contributed by atoms with Gasteiger partial charge in [0.05, 0.1) is 0 Å². The summed E-state index contributed by atoms with van der Waals surface area (Å²) in [5.74, 6) is -1.02. The van der Waals surface area contributed by atoms with Crippen LogP contribution < -0.4 is 16.0 Å². The molecule has 30 heavy (non-hydrogen) atoms. The Balaban J connectivity index is 1.44. The van der Waals surface area contributed by atoms with E-state index in [-0.39, 0.29) is 31.3 Å². The topological polar surface area (TPSA) is 108 Å². The average molecular weight is 427 g/mol. The molecule has 0 aliphatic carbocycles. The van der Waals surface area contributed by atoms with Crippen molar-refractivity contribution in [2.75, 3.05) is 5.32 Å². The van der Waals surface area contributed by atoms with Crippen LogP contribution in [0.4, 0.5) is 10.5 Å². The second-order valence-electron chi connectivity index (χ2n) is 7.16. The summed E-state index contributed by atoms with van der Waals surface area (Å²) in [6.07, 6.45) is 0.509. The molecule has 2 aromatic rings. The summed E-state index contributed by atoms with van der Waals surface area (Å²) in [6, 6.07) is 11.0. The fraction of sp³-hybridized carbons (Fsp3) is 0.238. The van der Waals surface area contributed by atoms with Crippen LogP contribution in [0.25, 0.3) is 0 Å². The monoisotopic (exact) mass is 426 g/mol. The zero-order chi connectivity index (χ0) is 21.3. The van der Waals surface area contributed by atoms with Gasteiger partial charge in [0.2, 0.25) is 11.8 Å². The standard InChI is InChI=1S/C21H19ClN4O4/c22-13-4-2-5-14(9-13)24-21(30)23-10-12-3-1-6-15-16(12)11-26(20(15)29)17-7-8-18(27)25-19(17)28/h1-6,9,17H,7-8,10-11H2,(H2,23,24,30)(H,25,27,28). The minimum absolute atomic E-state index is 0.203. The number of anilines is 1. The van der Waals surface area contributed by atoms with E-state index in [9.17, 15) is 19.2 Å². The number of halogens is 1. The highest BCUT2D eigenvalue weighted by Gasteiger charge is 2.39. The molecule has 1 unspecified atom stereocenters. The molecule has 2 heterocycles. The first-order valence-electron chi connectivity index (χ1n) is 9.48. The molecule has 0 bridgehead atoms. The molecule has 0 spiro atoms. The van der Waals surface area contributed by atoms with E-state index in [1.165, 1.54) is 4.90 Å². The molecule has 1 fully saturated rings. The molecule has 1 saturated heterocycles. The molecular formula is C21H19ClN4O4. The predicted octanol–water partition coefficient (Wildman–Crippen LogP) is 2.42. The van der Waals surface area contributed by atoms with Gasteiger partial charge in [0.1, 0.15) is 6.04 Å². The van der Waals surface area contributed by atoms with Crippen LogP contribution in [0.1, 0.15) is 34.3 Å². The third-order valence-corrected chi connectivity index (χ3v) is 5.44. The second kappa shape index (κ2) is 8.16. The number of piperidine rings is 1. The molecule has 4 rings (SSSR count). The molecule has 0 aromatic heterocycles. The highest BCUT2D eigenvalue weighted by atomic mass is 35.5. The van der Waals surface area contributed by atoms with E-state index in [4.69, 9.17) is 11.6 Å². The van der Waals surface area contributed by atoms with Gasteiger partial charge in [-0.25, -0.2) is 4.79 Å². The highest BCUT2D eigenvalue weighted by Crippen LogP contribution is 2.29. The number of nitrogens with one attached hydrogen (secondary N) is 3. The minimum atomic E-state index is -0.672. The van der Waals surface area contributed by atoms with Gasteiger partial charge in [-0.1, -0.05) is 29.8 Å². The van der Waals surface area contributed by atoms with E-state index in [2.05, 4.69) is 16.0 Å². The summed E-state index contributed by atoms with van der Waals surface area (Å²) in [4.78, 5) is 50.1. The summed E-state index contributed by atoms with van der Waals surface area (Å²) >= 11 is 5.92. The van der Waals surface area contributed by atoms with Crippen LogP contribution in [-0.4, -0.2) is 34.7 Å². The first-order valence-corrected chi connectivity index (χ1v) is 9.86. The van der Waals surface area contributed by atoms with E-state index in [1.54, 1.807) is 36.4 Å². The van der Waals surface area contributed by atoms with Gasteiger partial charge < -0.3 is 15.5 Å². The minimum Gasteiger partial charge on any atom is -0.334 e. The summed E-state index contributed by atoms with van der Waals surface area (Å²) in [5, 5.41) is 8.28. The number of fused-ring (bicyclic) bond motifs is 1. The maximum atomic E-state index is 12.8. The van der Waals surface area contributed by atoms with Gasteiger partial charge in [0.25, 0.3) is 5.91 Å². The van der Waals surface area contributed by atoms with Crippen molar-refractivity contribution in [1.82, 2.24) is 15.5 Å². The number of carbonyl (C=O) groups is 4. The van der Waals surface area contributed by atoms with Gasteiger partial charge in [0.15, 0.2) is 0 Å². The molecule has 1 atom stereocenters. The van der Waals surface area contributed by atoms with Gasteiger partial charge in [-0.15, -0.1) is 0 Å². The molecule has 9 heteroatoms. The van der Waals surface area contributed by atoms with Crippen LogP contribution in [-0.2, 0) is 22.7 Å². The Morgan fingerprint density at radius 1 is 1.17 bits per heavy atom. The molecule has 0 radical (unpaired) electrons. The Hall–Kier alpha value is -3.39. The molecular weight excluding hydrogens is 408 g/mol. The lowest BCUT2D eigenvalue weighted by molar-refractivity contribution is -0.136. The molecule has 3 N–H and O–H groups in total. The van der Waals surface area contributed by atoms with Gasteiger partial charge in [-0.05, 0) is 41.8 Å². The number of hydrogen-bond acceptors (Lipinski definition) is 4. The van der Waals surface area contributed by atoms with Crippen LogP contribution in [0.15, 0.2) is 42.5 Å². The molecule has 2 aromatic carbocycles. The molecule has 2 aliphatic heterocycles. The van der Waals surface area contributed by atoms with E-state index in [1.807, 2.05) is 6.07 Å². The van der Waals surface area contributed by atoms with Crippen molar-refractivity contribution in [1.29, 1.82) is 0 Å². The van der Waals surface area contributed by atoms with Crippen molar-refractivity contribution in [2.45, 2.75) is 32.0 Å². The Bertz CT molecular complexity index is 1060. The fourth-order valence-corrected chi connectivity index (χ4v) is 3.92. The maximum absolute atomic E-state index is 12.8. The summed E-state index contributed by atoms with van der Waals surface area (Å²) in [6.45, 7) is 0.472. The largest absolute Gasteiger partial charge is 0.334 e. The number of rotatable bonds is 4. The van der Waals surface area contributed by atoms with Gasteiger partial charge in [-0.2, -0.15) is 0 Å². The Kier molecular flexibility index (Phi) is 5.41. The molecule has 5 amide bonds. The van der Waals surface area contributed by atoms with Crippen molar-refractivity contribution < 1.29 is 19.2 Å². The predicted molar refractivity (Wildman–Crippen MR) is 110 cm³/mol. The zero-order valence-corrected chi connectivity index (χ0v) is 16.7. The number of nitrogens with zero attached hydrogens (tertiary/aromatic N) is 1. The number of urea groups is 1. The molecule has 8 nitrogen and oxygen atoms in total. The molecule has 154 valence electrons. The van der Waals surface area contributed by atoms with Crippen molar-refractivity contribution >= 4 is 41.0 Å². The summed E-state index contributed by atoms with van der Waals surface area (Å²) in [5.41, 5.74) is 2.64. The molecule has 2 aliphatic rings. The fourth-order valence-electron chi connectivity index (χ4n) is 3.73. The third kappa shape index (κ3) is 3.99. The highest BCUT2D eigenvalue weighted by molar-refractivity contribution is 6.30. The first kappa shape index (κ1) is 19.9. The Labute approximate surface area is 177 Å². The van der Waals surface area contributed by atoms with E-state index in [0.717, 1.165) is 11.1 Å². The van der Waals surface area contributed by atoms with E-state index >= 15 is 0 Å².